The van der Waals surface area contributed by atoms with Crippen LogP contribution >= 0.6 is 34.9 Å². The summed E-state index contributed by atoms with van der Waals surface area (Å²) in [4.78, 5) is 60.5. The fourth-order valence-corrected chi connectivity index (χ4v) is 7.67. The van der Waals surface area contributed by atoms with Gasteiger partial charge in [-0.3, -0.25) is 19.3 Å². The Labute approximate surface area is 299 Å². The molecule has 18 nitrogen and oxygen atoms in total. The largest absolute Gasteiger partial charge is 0.512 e. The summed E-state index contributed by atoms with van der Waals surface area (Å²) in [5, 5.41) is 53.4. The predicted molar refractivity (Wildman–Crippen MR) is 181 cm³/mol. The first-order valence-electron chi connectivity index (χ1n) is 14.6. The first-order valence-corrected chi connectivity index (χ1v) is 17.5. The number of carboxylic acids is 1. The first kappa shape index (κ1) is 35.0. The number of hydrogen-bond acceptors (Lipinski definition) is 17. The summed E-state index contributed by atoms with van der Waals surface area (Å²) < 4.78 is 10.7. The number of phenols is 2. The van der Waals surface area contributed by atoms with Gasteiger partial charge in [-0.2, -0.15) is 0 Å². The van der Waals surface area contributed by atoms with Gasteiger partial charge in [0.15, 0.2) is 22.3 Å². The van der Waals surface area contributed by atoms with Crippen molar-refractivity contribution < 1.29 is 53.6 Å². The molecule has 2 aliphatic heterocycles. The van der Waals surface area contributed by atoms with Crippen LogP contribution in [0.4, 0.5) is 9.93 Å². The van der Waals surface area contributed by atoms with E-state index in [9.17, 15) is 39.6 Å². The van der Waals surface area contributed by atoms with E-state index >= 15 is 0 Å². The van der Waals surface area contributed by atoms with E-state index in [1.807, 2.05) is 0 Å². The number of carboxylic acid groups (broad SMARTS) is 2. The molecule has 264 valence electrons. The number of nitrogens with two attached hydrogens (primary N) is 1. The lowest BCUT2D eigenvalue weighted by atomic mass is 10.1. The summed E-state index contributed by atoms with van der Waals surface area (Å²) >= 11 is 3.36. The zero-order valence-corrected chi connectivity index (χ0v) is 28.2. The van der Waals surface area contributed by atoms with Crippen LogP contribution < -0.4 is 11.1 Å². The molecule has 2 aliphatic rings. The predicted octanol–water partition coefficient (Wildman–Crippen LogP) is 2.83. The van der Waals surface area contributed by atoms with Crippen molar-refractivity contribution >= 4 is 69.6 Å². The number of oxime groups is 1. The smallest absolute Gasteiger partial charge is 0.504 e. The lowest BCUT2D eigenvalue weighted by Crippen LogP contribution is -2.70. The van der Waals surface area contributed by atoms with Crippen LogP contribution in [0.2, 0.25) is 0 Å². The zero-order chi connectivity index (χ0) is 36.2. The number of anilines is 1. The second-order valence-electron chi connectivity index (χ2n) is 10.6. The molecule has 2 amide bonds. The maximum absolute atomic E-state index is 13.5. The van der Waals surface area contributed by atoms with E-state index in [-0.39, 0.29) is 69.6 Å². The van der Waals surface area contributed by atoms with Crippen molar-refractivity contribution in [1.82, 2.24) is 25.4 Å². The average Bonchev–Trinajstić information content (AvgIpc) is 3.75. The van der Waals surface area contributed by atoms with Gasteiger partial charge in [0, 0.05) is 28.0 Å². The van der Waals surface area contributed by atoms with Gasteiger partial charge >= 0.3 is 12.1 Å². The van der Waals surface area contributed by atoms with Crippen molar-refractivity contribution in [1.29, 1.82) is 0 Å². The van der Waals surface area contributed by atoms with Gasteiger partial charge in [0.25, 0.3) is 17.0 Å². The Morgan fingerprint density at radius 1 is 1.12 bits per heavy atom. The highest BCUT2D eigenvalue weighted by Crippen LogP contribution is 2.42. The van der Waals surface area contributed by atoms with Gasteiger partial charge in [-0.05, 0) is 29.3 Å². The molecule has 21 heteroatoms. The van der Waals surface area contributed by atoms with Crippen molar-refractivity contribution in [2.24, 2.45) is 5.16 Å². The maximum Gasteiger partial charge on any atom is 0.512 e. The standard InChI is InChI=1S/C30H25N7O11S3/c31-28-32-17(12-50-28)21(36-46-9-15-4-2-1-3-13(15)8-20(40)41)23(42)33-22-25(43)37-26(48-30(44)45)16(10-49-27(22)37)11-51-29-35-34-24(47-29)14-5-6-18(38)19(39)7-14/h1-7,12,22,27,38-39H,8-11H2,(H2,31,32)(H,33,42)(H,40,41)(H,44,45)/t22-,27+/m1/s1. The van der Waals surface area contributed by atoms with Crippen LogP contribution in [0.15, 0.2) is 74.1 Å². The average molecular weight is 756 g/mol. The molecule has 2 aromatic carbocycles. The van der Waals surface area contributed by atoms with Gasteiger partial charge in [-0.15, -0.1) is 33.3 Å². The minimum atomic E-state index is -1.65. The Hall–Kier alpha value is -5.80. The summed E-state index contributed by atoms with van der Waals surface area (Å²) in [6.45, 7) is -0.165. The van der Waals surface area contributed by atoms with Crippen molar-refractivity contribution in [2.45, 2.75) is 29.7 Å². The Morgan fingerprint density at radius 3 is 2.61 bits per heavy atom. The van der Waals surface area contributed by atoms with Crippen LogP contribution in [0.25, 0.3) is 11.5 Å². The number of β-lactam (4-membered cyclic amide) rings is 1. The number of benzene rings is 2. The Balaban J connectivity index is 1.15. The summed E-state index contributed by atoms with van der Waals surface area (Å²) in [5.74, 6) is -3.02. The molecule has 0 saturated carbocycles. The van der Waals surface area contributed by atoms with Crippen LogP contribution in [-0.4, -0.2) is 93.1 Å². The molecule has 2 atom stereocenters. The van der Waals surface area contributed by atoms with Crippen molar-refractivity contribution in [3.63, 3.8) is 0 Å². The highest BCUT2D eigenvalue weighted by molar-refractivity contribution is 8.01. The molecule has 2 aromatic heterocycles. The number of fused-ring (bicyclic) bond motifs is 1. The number of nitrogen functional groups attached to an aromatic ring is 1. The molecule has 1 fully saturated rings. The Morgan fingerprint density at radius 2 is 1.90 bits per heavy atom. The third kappa shape index (κ3) is 7.84. The number of nitrogens with one attached hydrogen (secondary N) is 1. The van der Waals surface area contributed by atoms with Crippen LogP contribution in [0.3, 0.4) is 0 Å². The number of aromatic nitrogens is 3. The van der Waals surface area contributed by atoms with Crippen molar-refractivity contribution in [3.05, 3.63) is 76.1 Å². The van der Waals surface area contributed by atoms with E-state index in [2.05, 4.69) is 25.7 Å². The first-order chi connectivity index (χ1) is 24.5. The minimum absolute atomic E-state index is 0.0648. The normalized spacial score (nSPS) is 17.1. The molecule has 0 radical (unpaired) electrons. The number of carbonyl (C=O) groups excluding carboxylic acids is 2. The quantitative estimate of drug-likeness (QED) is 0.0286. The van der Waals surface area contributed by atoms with E-state index in [0.29, 0.717) is 22.3 Å². The molecule has 51 heavy (non-hydrogen) atoms. The molecule has 0 aliphatic carbocycles. The van der Waals surface area contributed by atoms with Gasteiger partial charge in [0.1, 0.15) is 23.7 Å². The van der Waals surface area contributed by atoms with Gasteiger partial charge < -0.3 is 45.5 Å². The Kier molecular flexibility index (Phi) is 10.3. The zero-order valence-electron chi connectivity index (χ0n) is 25.8. The lowest BCUT2D eigenvalue weighted by molar-refractivity contribution is -0.148. The highest BCUT2D eigenvalue weighted by atomic mass is 32.2. The van der Waals surface area contributed by atoms with E-state index in [0.717, 1.165) is 28.0 Å². The Bertz CT molecular complexity index is 2080. The number of amides is 2. The second kappa shape index (κ2) is 15.0. The molecule has 1 saturated heterocycles. The topological polar surface area (TPSA) is 273 Å². The SMILES string of the molecule is Nc1nc(C(=NOCc2ccccc2CC(=O)O)C(=O)N[C@@H]2C(=O)N3C(OC(=O)O)=C(CSc4nnc(-c5ccc(O)c(O)c5)o4)CS[C@@H]23)cs1. The highest BCUT2D eigenvalue weighted by Gasteiger charge is 2.54. The molecular formula is C30H25N7O11S3. The van der Waals surface area contributed by atoms with Crippen LogP contribution in [-0.2, 0) is 37.0 Å². The number of aliphatic carboxylic acids is 1. The second-order valence-corrected chi connectivity index (χ2v) is 13.5. The van der Waals surface area contributed by atoms with Crippen molar-refractivity contribution in [3.8, 4) is 23.0 Å². The molecule has 4 heterocycles. The maximum atomic E-state index is 13.5. The lowest BCUT2D eigenvalue weighted by Gasteiger charge is -2.49. The van der Waals surface area contributed by atoms with Crippen LogP contribution in [0.5, 0.6) is 11.5 Å². The number of phenolic OH excluding ortho intramolecular Hbond substituents is 2. The number of carbonyl (C=O) groups is 4. The molecule has 0 unspecified atom stereocenters. The number of thioether (sulfide) groups is 2. The number of aromatic hydroxyl groups is 2. The molecular weight excluding hydrogens is 731 g/mol. The van der Waals surface area contributed by atoms with E-state index in [1.54, 1.807) is 24.3 Å². The fourth-order valence-electron chi connectivity index (χ4n) is 4.91. The summed E-state index contributed by atoms with van der Waals surface area (Å²) in [6.07, 6.45) is -1.89. The number of hydrogen-bond donors (Lipinski definition) is 6. The summed E-state index contributed by atoms with van der Waals surface area (Å²) in [5.41, 5.74) is 7.39. The molecule has 6 rings (SSSR count). The fraction of sp³-hybridized carbons (Fsp3) is 0.200. The molecule has 7 N–H and O–H groups in total. The number of nitrogens with zero attached hydrogens (tertiary/aromatic N) is 5. The van der Waals surface area contributed by atoms with E-state index in [4.69, 9.17) is 19.7 Å². The third-order valence-corrected chi connectivity index (χ3v) is 10.2. The van der Waals surface area contributed by atoms with Gasteiger partial charge in [-0.1, -0.05) is 41.2 Å². The summed E-state index contributed by atoms with van der Waals surface area (Å²) in [6, 6.07) is 9.57. The third-order valence-electron chi connectivity index (χ3n) is 7.28. The van der Waals surface area contributed by atoms with E-state index < -0.39 is 35.4 Å². The molecule has 0 bridgehead atoms. The van der Waals surface area contributed by atoms with Crippen LogP contribution in [0, 0.1) is 0 Å². The number of rotatable bonds is 13. The van der Waals surface area contributed by atoms with Gasteiger partial charge in [-0.25, -0.2) is 9.78 Å². The number of ether oxygens (including phenoxy) is 1. The van der Waals surface area contributed by atoms with Crippen LogP contribution in [0.1, 0.15) is 16.8 Å². The monoisotopic (exact) mass is 755 g/mol. The number of thiazole rings is 1. The van der Waals surface area contributed by atoms with Gasteiger partial charge in [0.2, 0.25) is 11.8 Å². The van der Waals surface area contributed by atoms with Crippen molar-refractivity contribution in [2.75, 3.05) is 17.2 Å². The minimum Gasteiger partial charge on any atom is -0.504 e. The summed E-state index contributed by atoms with van der Waals surface area (Å²) in [7, 11) is 0. The molecule has 4 aromatic rings. The van der Waals surface area contributed by atoms with E-state index in [1.165, 1.54) is 35.3 Å². The van der Waals surface area contributed by atoms with Gasteiger partial charge in [0.05, 0.1) is 6.42 Å². The molecule has 0 spiro atoms.